The number of hydrogen-bond donors (Lipinski definition) is 0. The summed E-state index contributed by atoms with van der Waals surface area (Å²) in [5.41, 5.74) is 0. The van der Waals surface area contributed by atoms with Crippen LogP contribution in [0.4, 0.5) is 0 Å². The minimum absolute atomic E-state index is 1.35. The van der Waals surface area contributed by atoms with E-state index >= 15 is 0 Å². The maximum absolute atomic E-state index is 2.04. The highest BCUT2D eigenvalue weighted by molar-refractivity contribution is 9.26. The summed E-state index contributed by atoms with van der Waals surface area (Å²) in [6.45, 7) is 0. The molecule has 0 saturated carbocycles. The van der Waals surface area contributed by atoms with Gasteiger partial charge in [-0.2, -0.15) is 0 Å². The van der Waals surface area contributed by atoms with Crippen molar-refractivity contribution in [1.29, 1.82) is 0 Å². The lowest BCUT2D eigenvalue weighted by molar-refractivity contribution is 0.588. The highest BCUT2D eigenvalue weighted by Crippen LogP contribution is 2.43. The Morgan fingerprint density at radius 2 is 0.786 bits per heavy atom. The molecule has 1 fully saturated rings. The molecule has 0 aromatic rings. The molecule has 84 valence electrons. The Morgan fingerprint density at radius 1 is 0.429 bits per heavy atom. The topological polar surface area (TPSA) is 0 Å². The van der Waals surface area contributed by atoms with Crippen molar-refractivity contribution in [2.75, 3.05) is 11.5 Å². The minimum atomic E-state index is 1.35. The first-order valence-electron chi connectivity index (χ1n) is 5.58. The molecular formula is C10H20S4. The van der Waals surface area contributed by atoms with Crippen LogP contribution in [0.3, 0.4) is 0 Å². The third kappa shape index (κ3) is 8.69. The number of hydrogen-bond acceptors (Lipinski definition) is 4. The average molecular weight is 269 g/mol. The minimum Gasteiger partial charge on any atom is -0.0817 e. The van der Waals surface area contributed by atoms with Crippen LogP contribution in [0.2, 0.25) is 0 Å². The molecule has 1 aliphatic rings. The zero-order chi connectivity index (χ0) is 9.90. The van der Waals surface area contributed by atoms with Gasteiger partial charge in [-0.15, -0.1) is 0 Å². The monoisotopic (exact) mass is 268 g/mol. The quantitative estimate of drug-likeness (QED) is 0.509. The second kappa shape index (κ2) is 10.9. The molecule has 0 unspecified atom stereocenters. The Hall–Kier alpha value is 1.40. The summed E-state index contributed by atoms with van der Waals surface area (Å²) in [5, 5.41) is 0. The molecule has 4 heteroatoms. The van der Waals surface area contributed by atoms with Crippen molar-refractivity contribution in [3.8, 4) is 0 Å². The van der Waals surface area contributed by atoms with Crippen LogP contribution < -0.4 is 0 Å². The third-order valence-electron chi connectivity index (χ3n) is 2.33. The van der Waals surface area contributed by atoms with E-state index in [1.807, 2.05) is 41.2 Å². The van der Waals surface area contributed by atoms with Crippen molar-refractivity contribution in [2.45, 2.75) is 51.4 Å². The summed E-state index contributed by atoms with van der Waals surface area (Å²) in [6.07, 6.45) is 11.6. The van der Waals surface area contributed by atoms with Gasteiger partial charge >= 0.3 is 0 Å². The molecule has 0 N–H and O–H groups in total. The fraction of sp³-hybridized carbons (Fsp3) is 1.00. The molecule has 14 heavy (non-hydrogen) atoms. The summed E-state index contributed by atoms with van der Waals surface area (Å²) in [5.74, 6) is 2.69. The van der Waals surface area contributed by atoms with Crippen LogP contribution in [0.25, 0.3) is 0 Å². The molecule has 1 heterocycles. The highest BCUT2D eigenvalue weighted by Gasteiger charge is 1.97. The Balaban J connectivity index is 2.00. The van der Waals surface area contributed by atoms with Crippen molar-refractivity contribution < 1.29 is 0 Å². The van der Waals surface area contributed by atoms with Gasteiger partial charge in [-0.1, -0.05) is 60.1 Å². The molecule has 0 aromatic carbocycles. The van der Waals surface area contributed by atoms with Crippen LogP contribution in [0.5, 0.6) is 0 Å². The molecule has 1 saturated heterocycles. The van der Waals surface area contributed by atoms with Gasteiger partial charge in [0.15, 0.2) is 0 Å². The van der Waals surface area contributed by atoms with Gasteiger partial charge in [0.05, 0.1) is 0 Å². The van der Waals surface area contributed by atoms with Gasteiger partial charge < -0.3 is 0 Å². The maximum atomic E-state index is 2.04. The normalized spacial score (nSPS) is 24.0. The van der Waals surface area contributed by atoms with Crippen LogP contribution >= 0.6 is 41.2 Å². The van der Waals surface area contributed by atoms with Crippen molar-refractivity contribution in [3.63, 3.8) is 0 Å². The molecule has 0 amide bonds. The molecule has 0 atom stereocenters. The van der Waals surface area contributed by atoms with E-state index in [0.29, 0.717) is 0 Å². The Bertz CT molecular complexity index is 65.4. The Morgan fingerprint density at radius 3 is 1.21 bits per heavy atom. The Kier molecular flexibility index (Phi) is 10.5. The van der Waals surface area contributed by atoms with E-state index in [1.165, 1.54) is 62.9 Å². The first-order valence-corrected chi connectivity index (χ1v) is 10.7. The van der Waals surface area contributed by atoms with E-state index in [4.69, 9.17) is 0 Å². The van der Waals surface area contributed by atoms with Crippen LogP contribution in [-0.2, 0) is 0 Å². The molecule has 1 aliphatic heterocycles. The largest absolute Gasteiger partial charge is 0.0817 e. The van der Waals surface area contributed by atoms with E-state index in [0.717, 1.165) is 0 Å². The predicted octanol–water partition coefficient (Wildman–Crippen LogP) is 5.80. The lowest BCUT2D eigenvalue weighted by Gasteiger charge is -2.04. The third-order valence-corrected chi connectivity index (χ3v) is 8.96. The van der Waals surface area contributed by atoms with Gasteiger partial charge in [0.25, 0.3) is 0 Å². The summed E-state index contributed by atoms with van der Waals surface area (Å²) in [7, 11) is 8.03. The van der Waals surface area contributed by atoms with Crippen LogP contribution in [-0.4, -0.2) is 11.5 Å². The van der Waals surface area contributed by atoms with Crippen molar-refractivity contribution >= 4 is 41.2 Å². The maximum Gasteiger partial charge on any atom is 0.00454 e. The van der Waals surface area contributed by atoms with Crippen molar-refractivity contribution in [1.82, 2.24) is 0 Å². The van der Waals surface area contributed by atoms with Gasteiger partial charge in [0, 0.05) is 11.5 Å². The fourth-order valence-corrected chi connectivity index (χ4v) is 7.75. The highest BCUT2D eigenvalue weighted by atomic mass is 33.7. The first-order chi connectivity index (χ1) is 7.00. The zero-order valence-electron chi connectivity index (χ0n) is 8.70. The average Bonchev–Trinajstić information content (AvgIpc) is 2.22. The smallest absolute Gasteiger partial charge is 0.00454 e. The predicted molar refractivity (Wildman–Crippen MR) is 77.0 cm³/mol. The van der Waals surface area contributed by atoms with E-state index in [2.05, 4.69) is 0 Å². The lowest BCUT2D eigenvalue weighted by Crippen LogP contribution is -1.84. The molecular weight excluding hydrogens is 248 g/mol. The van der Waals surface area contributed by atoms with Gasteiger partial charge in [-0.3, -0.25) is 0 Å². The van der Waals surface area contributed by atoms with Crippen molar-refractivity contribution in [3.05, 3.63) is 0 Å². The van der Waals surface area contributed by atoms with Gasteiger partial charge in [0.2, 0.25) is 0 Å². The van der Waals surface area contributed by atoms with Crippen LogP contribution in [0.1, 0.15) is 51.4 Å². The summed E-state index contributed by atoms with van der Waals surface area (Å²) in [4.78, 5) is 0. The molecule has 0 aliphatic carbocycles. The van der Waals surface area contributed by atoms with Crippen LogP contribution in [0, 0.1) is 0 Å². The first kappa shape index (κ1) is 13.5. The van der Waals surface area contributed by atoms with E-state index < -0.39 is 0 Å². The molecule has 0 aromatic heterocycles. The standard InChI is InChI=1S/C10H20S4/c1-2-4-6-8-10-12-14-13-11-9-7-5-3-1/h1-10H2. The van der Waals surface area contributed by atoms with Gasteiger partial charge in [-0.25, -0.2) is 0 Å². The summed E-state index contributed by atoms with van der Waals surface area (Å²) >= 11 is 0. The van der Waals surface area contributed by atoms with E-state index in [1.54, 1.807) is 0 Å². The SMILES string of the molecule is C1CCCCCSSSSCCCC1. The van der Waals surface area contributed by atoms with Gasteiger partial charge in [0.1, 0.15) is 0 Å². The molecule has 0 radical (unpaired) electrons. The second-order valence-corrected chi connectivity index (χ2v) is 9.85. The van der Waals surface area contributed by atoms with E-state index in [-0.39, 0.29) is 0 Å². The molecule has 0 spiro atoms. The summed E-state index contributed by atoms with van der Waals surface area (Å²) < 4.78 is 0. The molecule has 0 nitrogen and oxygen atoms in total. The summed E-state index contributed by atoms with van der Waals surface area (Å²) in [6, 6.07) is 0. The molecule has 0 bridgehead atoms. The second-order valence-electron chi connectivity index (χ2n) is 3.61. The van der Waals surface area contributed by atoms with Crippen LogP contribution in [0.15, 0.2) is 0 Å². The van der Waals surface area contributed by atoms with E-state index in [9.17, 15) is 0 Å². The zero-order valence-corrected chi connectivity index (χ0v) is 12.0. The lowest BCUT2D eigenvalue weighted by atomic mass is 10.1. The molecule has 1 rings (SSSR count). The fourth-order valence-electron chi connectivity index (χ4n) is 1.49. The van der Waals surface area contributed by atoms with Crippen molar-refractivity contribution in [2.24, 2.45) is 0 Å². The number of rotatable bonds is 0. The van der Waals surface area contributed by atoms with Gasteiger partial charge in [-0.05, 0) is 32.5 Å². The Labute approximate surface area is 104 Å².